The molecule has 7 nitrogen and oxygen atoms in total. The van der Waals surface area contributed by atoms with Gasteiger partial charge in [0.25, 0.3) is 5.56 Å². The van der Waals surface area contributed by atoms with Crippen molar-refractivity contribution in [2.45, 2.75) is 46.3 Å². The summed E-state index contributed by atoms with van der Waals surface area (Å²) in [7, 11) is 0. The molecule has 2 aromatic heterocycles. The van der Waals surface area contributed by atoms with Gasteiger partial charge in [0.15, 0.2) is 0 Å². The van der Waals surface area contributed by atoms with Gasteiger partial charge in [-0.1, -0.05) is 55.0 Å². The van der Waals surface area contributed by atoms with E-state index in [9.17, 15) is 9.59 Å². The Kier molecular flexibility index (Phi) is 6.68. The molecule has 1 atom stereocenters. The zero-order valence-corrected chi connectivity index (χ0v) is 20.5. The van der Waals surface area contributed by atoms with Gasteiger partial charge in [0, 0.05) is 42.5 Å². The van der Waals surface area contributed by atoms with Crippen LogP contribution in [0.1, 0.15) is 30.9 Å². The Morgan fingerprint density at radius 2 is 1.91 bits per heavy atom. The fraction of sp³-hybridized carbons (Fsp3) is 0.393. The predicted molar refractivity (Wildman–Crippen MR) is 139 cm³/mol. The van der Waals surface area contributed by atoms with Crippen molar-refractivity contribution in [3.05, 3.63) is 76.2 Å². The minimum Gasteiger partial charge on any atom is -0.354 e. The lowest BCUT2D eigenvalue weighted by Crippen LogP contribution is -2.36. The molecule has 0 bridgehead atoms. The van der Waals surface area contributed by atoms with E-state index in [2.05, 4.69) is 58.0 Å². The highest BCUT2D eigenvalue weighted by atomic mass is 16.2. The number of aryl methyl sites for hydroxylation is 2. The van der Waals surface area contributed by atoms with E-state index in [4.69, 9.17) is 0 Å². The number of hydrogen-bond donors (Lipinski definition) is 1. The predicted octanol–water partition coefficient (Wildman–Crippen LogP) is 3.71. The molecule has 0 spiro atoms. The summed E-state index contributed by atoms with van der Waals surface area (Å²) in [5.74, 6) is 0.248. The van der Waals surface area contributed by atoms with Gasteiger partial charge in [-0.15, -0.1) is 0 Å². The first-order valence-electron chi connectivity index (χ1n) is 12.5. The third-order valence-electron chi connectivity index (χ3n) is 7.00. The average Bonchev–Trinajstić information content (AvgIpc) is 3.44. The maximum Gasteiger partial charge on any atom is 0.291 e. The van der Waals surface area contributed by atoms with E-state index >= 15 is 0 Å². The third kappa shape index (κ3) is 4.86. The van der Waals surface area contributed by atoms with E-state index in [1.54, 1.807) is 6.20 Å². The van der Waals surface area contributed by atoms with Crippen LogP contribution in [0.15, 0.2) is 59.5 Å². The van der Waals surface area contributed by atoms with Gasteiger partial charge in [-0.3, -0.25) is 14.5 Å². The Labute approximate surface area is 205 Å². The fourth-order valence-electron chi connectivity index (χ4n) is 5.19. The molecule has 1 fully saturated rings. The van der Waals surface area contributed by atoms with Gasteiger partial charge in [-0.05, 0) is 43.9 Å². The largest absolute Gasteiger partial charge is 0.354 e. The Balaban J connectivity index is 1.23. The van der Waals surface area contributed by atoms with E-state index in [1.165, 1.54) is 15.8 Å². The number of carbonyl (C=O) groups is 1. The average molecular weight is 472 g/mol. The second kappa shape index (κ2) is 10.0. The number of rotatable bonds is 8. The molecule has 2 aromatic carbocycles. The van der Waals surface area contributed by atoms with Gasteiger partial charge in [0.05, 0.1) is 6.20 Å². The van der Waals surface area contributed by atoms with Gasteiger partial charge in [-0.25, -0.2) is 4.68 Å². The highest BCUT2D eigenvalue weighted by molar-refractivity contribution is 6.07. The van der Waals surface area contributed by atoms with Crippen molar-refractivity contribution in [1.29, 1.82) is 0 Å². The van der Waals surface area contributed by atoms with Crippen LogP contribution < -0.4 is 10.9 Å². The van der Waals surface area contributed by atoms with Crippen molar-refractivity contribution in [3.63, 3.8) is 0 Å². The summed E-state index contributed by atoms with van der Waals surface area (Å²) in [4.78, 5) is 28.5. The highest BCUT2D eigenvalue weighted by Crippen LogP contribution is 2.26. The summed E-state index contributed by atoms with van der Waals surface area (Å²) >= 11 is 0. The lowest BCUT2D eigenvalue weighted by molar-refractivity contribution is -0.122. The molecule has 1 amide bonds. The number of likely N-dealkylation sites (tertiary alicyclic amines) is 1. The van der Waals surface area contributed by atoms with Crippen LogP contribution in [0.5, 0.6) is 0 Å². The summed E-state index contributed by atoms with van der Waals surface area (Å²) in [6, 6.07) is 16.7. The van der Waals surface area contributed by atoms with Crippen LogP contribution in [0, 0.1) is 12.8 Å². The lowest BCUT2D eigenvalue weighted by Gasteiger charge is -2.16. The molecule has 1 aliphatic rings. The van der Waals surface area contributed by atoms with E-state index in [1.807, 2.05) is 24.3 Å². The van der Waals surface area contributed by atoms with E-state index < -0.39 is 0 Å². The topological polar surface area (TPSA) is 72.2 Å². The first kappa shape index (κ1) is 23.3. The number of amides is 1. The van der Waals surface area contributed by atoms with Gasteiger partial charge < -0.3 is 9.88 Å². The second-order valence-electron chi connectivity index (χ2n) is 9.72. The van der Waals surface area contributed by atoms with Crippen LogP contribution in [-0.4, -0.2) is 44.8 Å². The van der Waals surface area contributed by atoms with Crippen LogP contribution in [0.4, 0.5) is 0 Å². The van der Waals surface area contributed by atoms with E-state index in [0.29, 0.717) is 18.0 Å². The molecule has 1 unspecified atom stereocenters. The second-order valence-corrected chi connectivity index (χ2v) is 9.72. The van der Waals surface area contributed by atoms with Crippen LogP contribution in [-0.2, 0) is 24.4 Å². The molecular weight excluding hydrogens is 438 g/mol. The van der Waals surface area contributed by atoms with E-state index in [-0.39, 0.29) is 18.0 Å². The van der Waals surface area contributed by atoms with Gasteiger partial charge in [0.2, 0.25) is 5.91 Å². The standard InChI is InChI=1S/C28H33N5O2/c1-3-13-32-25-7-5-4-6-23(25)24-16-30-33(28(35)27(24)32)19-26(34)29-15-22-12-14-31(18-22)17-21-10-8-20(2)9-11-21/h4-11,16,22H,3,12-15,17-19H2,1-2H3,(H,29,34). The van der Waals surface area contributed by atoms with Crippen molar-refractivity contribution in [2.75, 3.05) is 19.6 Å². The van der Waals surface area contributed by atoms with Gasteiger partial charge >= 0.3 is 0 Å². The molecule has 1 saturated heterocycles. The Hall–Kier alpha value is -3.45. The van der Waals surface area contributed by atoms with Crippen molar-refractivity contribution in [1.82, 2.24) is 24.6 Å². The monoisotopic (exact) mass is 471 g/mol. The molecule has 35 heavy (non-hydrogen) atoms. The fourth-order valence-corrected chi connectivity index (χ4v) is 5.19. The summed E-state index contributed by atoms with van der Waals surface area (Å²) in [5.41, 5.74) is 4.03. The minimum atomic E-state index is -0.215. The molecule has 5 rings (SSSR count). The van der Waals surface area contributed by atoms with Crippen molar-refractivity contribution < 1.29 is 4.79 Å². The SMILES string of the molecule is CCCn1c2ccccc2c2cnn(CC(=O)NCC3CCN(Cc4ccc(C)cc4)C3)c(=O)c21. The smallest absolute Gasteiger partial charge is 0.291 e. The van der Waals surface area contributed by atoms with Crippen LogP contribution in [0.25, 0.3) is 21.8 Å². The molecule has 0 radical (unpaired) electrons. The summed E-state index contributed by atoms with van der Waals surface area (Å²) in [6.45, 7) is 8.44. The van der Waals surface area contributed by atoms with Crippen molar-refractivity contribution in [3.8, 4) is 0 Å². The summed E-state index contributed by atoms with van der Waals surface area (Å²) in [6.07, 6.45) is 3.70. The lowest BCUT2D eigenvalue weighted by atomic mass is 10.1. The number of hydrogen-bond acceptors (Lipinski definition) is 4. The number of benzene rings is 2. The number of nitrogens with one attached hydrogen (secondary N) is 1. The minimum absolute atomic E-state index is 0.0672. The molecular formula is C28H33N5O2. The summed E-state index contributed by atoms with van der Waals surface area (Å²) < 4.78 is 3.35. The highest BCUT2D eigenvalue weighted by Gasteiger charge is 2.23. The molecule has 7 heteroatoms. The quantitative estimate of drug-likeness (QED) is 0.425. The maximum atomic E-state index is 13.3. The normalized spacial score (nSPS) is 16.3. The molecule has 182 valence electrons. The summed E-state index contributed by atoms with van der Waals surface area (Å²) in [5, 5.41) is 9.24. The molecule has 0 aliphatic carbocycles. The number of carbonyl (C=O) groups excluding carboxylic acids is 1. The maximum absolute atomic E-state index is 13.3. The van der Waals surface area contributed by atoms with Crippen LogP contribution in [0.2, 0.25) is 0 Å². The Morgan fingerprint density at radius 1 is 1.11 bits per heavy atom. The first-order valence-corrected chi connectivity index (χ1v) is 12.5. The van der Waals surface area contributed by atoms with Crippen LogP contribution in [0.3, 0.4) is 0 Å². The molecule has 1 aliphatic heterocycles. The Bertz CT molecular complexity index is 1400. The van der Waals surface area contributed by atoms with Gasteiger partial charge in [0.1, 0.15) is 12.1 Å². The zero-order valence-electron chi connectivity index (χ0n) is 20.5. The van der Waals surface area contributed by atoms with Crippen molar-refractivity contribution >= 4 is 27.7 Å². The Morgan fingerprint density at radius 3 is 2.71 bits per heavy atom. The van der Waals surface area contributed by atoms with Gasteiger partial charge in [-0.2, -0.15) is 5.10 Å². The number of fused-ring (bicyclic) bond motifs is 3. The molecule has 4 aromatic rings. The molecule has 0 saturated carbocycles. The number of para-hydroxylation sites is 1. The number of nitrogens with zero attached hydrogens (tertiary/aromatic N) is 4. The zero-order chi connectivity index (χ0) is 24.4. The molecule has 1 N–H and O–H groups in total. The number of aromatic nitrogens is 3. The third-order valence-corrected chi connectivity index (χ3v) is 7.00. The molecule has 3 heterocycles. The van der Waals surface area contributed by atoms with Crippen molar-refractivity contribution in [2.24, 2.45) is 5.92 Å². The van der Waals surface area contributed by atoms with E-state index in [0.717, 1.165) is 55.3 Å². The first-order chi connectivity index (χ1) is 17.0. The van der Waals surface area contributed by atoms with Crippen LogP contribution >= 0.6 is 0 Å².